The number of para-hydroxylation sites is 1. The summed E-state index contributed by atoms with van der Waals surface area (Å²) >= 11 is 0. The standard InChI is InChI=1S/C12H13N5O4/c1-21-8-4-2-3-6(9(8)18)12(19)15-11-7(5-14-16-11)10(13)17-20/h2-5,18,20H,1H3,(H2,13,17)(H2,14,15,16,19). The number of ether oxygens (including phenoxy) is 1. The average molecular weight is 291 g/mol. The largest absolute Gasteiger partial charge is 0.504 e. The van der Waals surface area contributed by atoms with Gasteiger partial charge in [-0.3, -0.25) is 9.89 Å². The number of rotatable bonds is 4. The van der Waals surface area contributed by atoms with Gasteiger partial charge in [-0.2, -0.15) is 5.10 Å². The molecule has 6 N–H and O–H groups in total. The summed E-state index contributed by atoms with van der Waals surface area (Å²) in [6, 6.07) is 4.50. The van der Waals surface area contributed by atoms with Crippen LogP contribution in [0.5, 0.6) is 11.5 Å². The third kappa shape index (κ3) is 2.71. The maximum atomic E-state index is 12.1. The number of carbonyl (C=O) groups excluding carboxylic acids is 1. The number of nitrogens with zero attached hydrogens (tertiary/aromatic N) is 2. The van der Waals surface area contributed by atoms with Gasteiger partial charge in [0.2, 0.25) is 0 Å². The number of hydrogen-bond acceptors (Lipinski definition) is 6. The number of nitrogens with one attached hydrogen (secondary N) is 2. The number of nitrogens with two attached hydrogens (primary N) is 1. The fourth-order valence-electron chi connectivity index (χ4n) is 1.68. The predicted molar refractivity (Wildman–Crippen MR) is 73.7 cm³/mol. The van der Waals surface area contributed by atoms with E-state index < -0.39 is 5.91 Å². The summed E-state index contributed by atoms with van der Waals surface area (Å²) in [4.78, 5) is 12.1. The molecule has 1 aromatic heterocycles. The highest BCUT2D eigenvalue weighted by Gasteiger charge is 2.18. The lowest BCUT2D eigenvalue weighted by molar-refractivity contribution is 0.102. The lowest BCUT2D eigenvalue weighted by atomic mass is 10.1. The van der Waals surface area contributed by atoms with Crippen LogP contribution in [0, 0.1) is 0 Å². The molecule has 21 heavy (non-hydrogen) atoms. The van der Waals surface area contributed by atoms with Crippen molar-refractivity contribution in [3.05, 3.63) is 35.5 Å². The van der Waals surface area contributed by atoms with Crippen molar-refractivity contribution in [2.75, 3.05) is 12.4 Å². The molecule has 2 rings (SSSR count). The van der Waals surface area contributed by atoms with E-state index in [0.29, 0.717) is 0 Å². The van der Waals surface area contributed by atoms with Gasteiger partial charge in [-0.1, -0.05) is 11.2 Å². The maximum absolute atomic E-state index is 12.1. The fourth-order valence-corrected chi connectivity index (χ4v) is 1.68. The van der Waals surface area contributed by atoms with E-state index in [4.69, 9.17) is 15.7 Å². The van der Waals surface area contributed by atoms with Gasteiger partial charge >= 0.3 is 0 Å². The third-order valence-electron chi connectivity index (χ3n) is 2.73. The Kier molecular flexibility index (Phi) is 3.93. The van der Waals surface area contributed by atoms with Gasteiger partial charge in [0, 0.05) is 0 Å². The van der Waals surface area contributed by atoms with Crippen molar-refractivity contribution in [1.29, 1.82) is 0 Å². The molecule has 1 amide bonds. The zero-order chi connectivity index (χ0) is 15.4. The molecular formula is C12H13N5O4. The molecule has 9 nitrogen and oxygen atoms in total. The first kappa shape index (κ1) is 14.2. The maximum Gasteiger partial charge on any atom is 0.260 e. The number of hydrogen-bond donors (Lipinski definition) is 5. The molecular weight excluding hydrogens is 278 g/mol. The summed E-state index contributed by atoms with van der Waals surface area (Å²) < 4.78 is 4.93. The molecule has 1 aromatic carbocycles. The Bertz CT molecular complexity index is 695. The van der Waals surface area contributed by atoms with E-state index >= 15 is 0 Å². The Balaban J connectivity index is 2.29. The molecule has 0 saturated carbocycles. The minimum atomic E-state index is -0.609. The van der Waals surface area contributed by atoms with E-state index in [0.717, 1.165) is 0 Å². The number of phenolic OH excluding ortho intramolecular Hbond substituents is 1. The molecule has 0 aliphatic heterocycles. The van der Waals surface area contributed by atoms with Gasteiger partial charge in [0.15, 0.2) is 17.3 Å². The average Bonchev–Trinajstić information content (AvgIpc) is 2.94. The van der Waals surface area contributed by atoms with Crippen LogP contribution in [0.25, 0.3) is 0 Å². The number of benzene rings is 1. The molecule has 2 aromatic rings. The molecule has 0 saturated heterocycles. The Hall–Kier alpha value is -3.23. The van der Waals surface area contributed by atoms with Crippen molar-refractivity contribution >= 4 is 17.6 Å². The highest BCUT2D eigenvalue weighted by Crippen LogP contribution is 2.29. The van der Waals surface area contributed by atoms with Gasteiger partial charge in [0.05, 0.1) is 24.4 Å². The van der Waals surface area contributed by atoms with Crippen LogP contribution in [0.2, 0.25) is 0 Å². The van der Waals surface area contributed by atoms with Crippen LogP contribution in [-0.2, 0) is 0 Å². The van der Waals surface area contributed by atoms with Crippen molar-refractivity contribution in [3.8, 4) is 11.5 Å². The lowest BCUT2D eigenvalue weighted by Gasteiger charge is -2.09. The molecule has 0 aliphatic rings. The minimum absolute atomic E-state index is 0.00871. The van der Waals surface area contributed by atoms with E-state index in [1.54, 1.807) is 6.07 Å². The molecule has 9 heteroatoms. The van der Waals surface area contributed by atoms with Gasteiger partial charge in [0.25, 0.3) is 5.91 Å². The molecule has 110 valence electrons. The van der Waals surface area contributed by atoms with Gasteiger partial charge in [-0.15, -0.1) is 0 Å². The number of amides is 1. The molecule has 0 aliphatic carbocycles. The summed E-state index contributed by atoms with van der Waals surface area (Å²) in [6.45, 7) is 0. The topological polar surface area (TPSA) is 146 Å². The SMILES string of the molecule is COc1cccc(C(=O)Nc2[nH]ncc2C(N)=NO)c1O. The molecule has 0 radical (unpaired) electrons. The van der Waals surface area contributed by atoms with Crippen LogP contribution in [-0.4, -0.2) is 39.4 Å². The Labute approximate surface area is 119 Å². The number of H-pyrrole nitrogens is 1. The van der Waals surface area contributed by atoms with Gasteiger partial charge in [-0.25, -0.2) is 0 Å². The number of methoxy groups -OCH3 is 1. The number of aromatic nitrogens is 2. The van der Waals surface area contributed by atoms with E-state index in [9.17, 15) is 9.90 Å². The number of aromatic hydroxyl groups is 1. The Morgan fingerprint density at radius 1 is 1.48 bits per heavy atom. The second-order valence-electron chi connectivity index (χ2n) is 3.95. The van der Waals surface area contributed by atoms with Crippen LogP contribution in [0.15, 0.2) is 29.6 Å². The van der Waals surface area contributed by atoms with Crippen molar-refractivity contribution in [2.24, 2.45) is 10.9 Å². The molecule has 0 fully saturated rings. The normalized spacial score (nSPS) is 11.2. The number of phenols is 1. The Morgan fingerprint density at radius 3 is 2.90 bits per heavy atom. The minimum Gasteiger partial charge on any atom is -0.504 e. The zero-order valence-electron chi connectivity index (χ0n) is 11.0. The summed E-state index contributed by atoms with van der Waals surface area (Å²) in [7, 11) is 1.38. The summed E-state index contributed by atoms with van der Waals surface area (Å²) in [5.41, 5.74) is 5.67. The van der Waals surface area contributed by atoms with Crippen LogP contribution >= 0.6 is 0 Å². The van der Waals surface area contributed by atoms with Gasteiger partial charge in [0.1, 0.15) is 5.82 Å². The van der Waals surface area contributed by atoms with Crippen LogP contribution in [0.4, 0.5) is 5.82 Å². The smallest absolute Gasteiger partial charge is 0.260 e. The third-order valence-corrected chi connectivity index (χ3v) is 2.73. The zero-order valence-corrected chi connectivity index (χ0v) is 11.0. The van der Waals surface area contributed by atoms with Crippen LogP contribution in [0.1, 0.15) is 15.9 Å². The number of carbonyl (C=O) groups is 1. The summed E-state index contributed by atoms with van der Waals surface area (Å²) in [5.74, 6) is -0.805. The number of oxime groups is 1. The van der Waals surface area contributed by atoms with Gasteiger partial charge in [-0.05, 0) is 12.1 Å². The monoisotopic (exact) mass is 291 g/mol. The van der Waals surface area contributed by atoms with Crippen molar-refractivity contribution < 1.29 is 19.8 Å². The predicted octanol–water partition coefficient (Wildman–Crippen LogP) is 0.471. The lowest BCUT2D eigenvalue weighted by Crippen LogP contribution is -2.18. The van der Waals surface area contributed by atoms with Crippen LogP contribution in [0.3, 0.4) is 0 Å². The number of aromatic amines is 1. The quantitative estimate of drug-likeness (QED) is 0.239. The molecule has 0 unspecified atom stereocenters. The summed E-state index contributed by atoms with van der Waals surface area (Å²) in [6.07, 6.45) is 1.29. The van der Waals surface area contributed by atoms with Crippen molar-refractivity contribution in [2.45, 2.75) is 0 Å². The highest BCUT2D eigenvalue weighted by molar-refractivity contribution is 6.10. The fraction of sp³-hybridized carbons (Fsp3) is 0.0833. The first-order valence-electron chi connectivity index (χ1n) is 5.77. The molecule has 0 spiro atoms. The number of anilines is 1. The van der Waals surface area contributed by atoms with E-state index in [1.165, 1.54) is 25.4 Å². The van der Waals surface area contributed by atoms with Crippen LogP contribution < -0.4 is 15.8 Å². The van der Waals surface area contributed by atoms with E-state index in [1.807, 2.05) is 0 Å². The summed E-state index contributed by atoms with van der Waals surface area (Å²) in [5, 5.41) is 30.1. The van der Waals surface area contributed by atoms with E-state index in [2.05, 4.69) is 20.7 Å². The van der Waals surface area contributed by atoms with Crippen molar-refractivity contribution in [3.63, 3.8) is 0 Å². The molecule has 1 heterocycles. The first-order chi connectivity index (χ1) is 10.1. The first-order valence-corrected chi connectivity index (χ1v) is 5.77. The number of amidine groups is 1. The second kappa shape index (κ2) is 5.82. The Morgan fingerprint density at radius 2 is 2.24 bits per heavy atom. The highest BCUT2D eigenvalue weighted by atomic mass is 16.5. The van der Waals surface area contributed by atoms with Crippen molar-refractivity contribution in [1.82, 2.24) is 10.2 Å². The molecule has 0 bridgehead atoms. The van der Waals surface area contributed by atoms with E-state index in [-0.39, 0.29) is 34.3 Å². The second-order valence-corrected chi connectivity index (χ2v) is 3.95. The molecule has 0 atom stereocenters. The van der Waals surface area contributed by atoms with Gasteiger partial charge < -0.3 is 26.1 Å².